The van der Waals surface area contributed by atoms with Crippen LogP contribution < -0.4 is 11.3 Å². The van der Waals surface area contributed by atoms with Gasteiger partial charge in [-0.2, -0.15) is 0 Å². The largest absolute Gasteiger partial charge is 0.293 e. The summed E-state index contributed by atoms with van der Waals surface area (Å²) in [7, 11) is 0. The number of aryl methyl sites for hydroxylation is 1. The molecule has 1 amide bonds. The minimum absolute atomic E-state index is 0.0160. The minimum Gasteiger partial charge on any atom is -0.293 e. The third-order valence-corrected chi connectivity index (χ3v) is 4.79. The Labute approximate surface area is 100 Å². The molecule has 0 spiro atoms. The summed E-state index contributed by atoms with van der Waals surface area (Å²) in [5.41, 5.74) is 3.22. The zero-order valence-electron chi connectivity index (χ0n) is 9.58. The van der Waals surface area contributed by atoms with E-state index in [1.165, 1.54) is 16.9 Å². The first-order valence-electron chi connectivity index (χ1n) is 5.76. The summed E-state index contributed by atoms with van der Waals surface area (Å²) in [6, 6.07) is 2.08. The Hall–Kier alpha value is -0.870. The number of hydrogen-bond acceptors (Lipinski definition) is 3. The SMILES string of the molecule is Cc1ccsc1C1(C(=O)NN)CCCCC1. The van der Waals surface area contributed by atoms with Gasteiger partial charge in [-0.05, 0) is 36.8 Å². The highest BCUT2D eigenvalue weighted by Gasteiger charge is 2.42. The van der Waals surface area contributed by atoms with Crippen molar-refractivity contribution >= 4 is 17.2 Å². The molecule has 1 aromatic rings. The average Bonchev–Trinajstić information content (AvgIpc) is 2.76. The Bertz CT molecular complexity index is 380. The highest BCUT2D eigenvalue weighted by Crippen LogP contribution is 2.43. The van der Waals surface area contributed by atoms with E-state index in [0.717, 1.165) is 25.7 Å². The Balaban J connectivity index is 2.41. The highest BCUT2D eigenvalue weighted by atomic mass is 32.1. The third kappa shape index (κ3) is 1.76. The van der Waals surface area contributed by atoms with E-state index in [4.69, 9.17) is 5.84 Å². The molecule has 0 bridgehead atoms. The third-order valence-electron chi connectivity index (χ3n) is 3.57. The summed E-state index contributed by atoms with van der Waals surface area (Å²) >= 11 is 1.68. The molecule has 0 saturated heterocycles. The van der Waals surface area contributed by atoms with Gasteiger partial charge in [0.15, 0.2) is 0 Å². The summed E-state index contributed by atoms with van der Waals surface area (Å²) in [4.78, 5) is 13.3. The van der Waals surface area contributed by atoms with E-state index in [1.54, 1.807) is 11.3 Å². The van der Waals surface area contributed by atoms with Crippen LogP contribution in [0.2, 0.25) is 0 Å². The molecule has 2 rings (SSSR count). The lowest BCUT2D eigenvalue weighted by Gasteiger charge is -2.35. The van der Waals surface area contributed by atoms with Gasteiger partial charge >= 0.3 is 0 Å². The van der Waals surface area contributed by atoms with Crippen molar-refractivity contribution in [3.8, 4) is 0 Å². The fourth-order valence-electron chi connectivity index (χ4n) is 2.71. The van der Waals surface area contributed by atoms with Crippen molar-refractivity contribution in [2.75, 3.05) is 0 Å². The molecule has 1 saturated carbocycles. The molecule has 0 aliphatic heterocycles. The summed E-state index contributed by atoms with van der Waals surface area (Å²) in [5, 5.41) is 2.06. The highest BCUT2D eigenvalue weighted by molar-refractivity contribution is 7.10. The predicted octanol–water partition coefficient (Wildman–Crippen LogP) is 2.25. The standard InChI is InChI=1S/C12H18N2OS/c1-9-5-8-16-10(9)12(11(15)14-13)6-3-2-4-7-12/h5,8H,2-4,6-7,13H2,1H3,(H,14,15). The maximum absolute atomic E-state index is 12.1. The van der Waals surface area contributed by atoms with Crippen LogP contribution in [0.15, 0.2) is 11.4 Å². The molecule has 0 radical (unpaired) electrons. The normalized spacial score (nSPS) is 19.4. The monoisotopic (exact) mass is 238 g/mol. The molecule has 1 aliphatic rings. The maximum Gasteiger partial charge on any atom is 0.245 e. The van der Waals surface area contributed by atoms with Gasteiger partial charge in [0.1, 0.15) is 0 Å². The van der Waals surface area contributed by atoms with Crippen molar-refractivity contribution in [3.63, 3.8) is 0 Å². The molecule has 1 fully saturated rings. The van der Waals surface area contributed by atoms with E-state index in [9.17, 15) is 4.79 Å². The van der Waals surface area contributed by atoms with Crippen LogP contribution in [0.4, 0.5) is 0 Å². The van der Waals surface area contributed by atoms with Crippen LogP contribution in [0.5, 0.6) is 0 Å². The lowest BCUT2D eigenvalue weighted by molar-refractivity contribution is -0.128. The van der Waals surface area contributed by atoms with Crippen molar-refractivity contribution in [1.29, 1.82) is 0 Å². The lowest BCUT2D eigenvalue weighted by atomic mass is 9.71. The maximum atomic E-state index is 12.1. The molecule has 1 heterocycles. The zero-order valence-corrected chi connectivity index (χ0v) is 10.4. The predicted molar refractivity (Wildman–Crippen MR) is 66.1 cm³/mol. The van der Waals surface area contributed by atoms with Gasteiger partial charge in [-0.25, -0.2) is 5.84 Å². The number of rotatable bonds is 2. The fraction of sp³-hybridized carbons (Fsp3) is 0.583. The van der Waals surface area contributed by atoms with Gasteiger partial charge in [-0.3, -0.25) is 10.2 Å². The molecule has 3 N–H and O–H groups in total. The molecule has 0 atom stereocenters. The van der Waals surface area contributed by atoms with Gasteiger partial charge in [-0.15, -0.1) is 11.3 Å². The molecule has 16 heavy (non-hydrogen) atoms. The van der Waals surface area contributed by atoms with E-state index < -0.39 is 0 Å². The number of carbonyl (C=O) groups excluding carboxylic acids is 1. The van der Waals surface area contributed by atoms with Crippen LogP contribution in [0.3, 0.4) is 0 Å². The number of amides is 1. The van der Waals surface area contributed by atoms with Crippen molar-refractivity contribution in [3.05, 3.63) is 21.9 Å². The molecule has 88 valence electrons. The molecule has 0 unspecified atom stereocenters. The number of hydrogen-bond donors (Lipinski definition) is 2. The van der Waals surface area contributed by atoms with Crippen LogP contribution in [-0.4, -0.2) is 5.91 Å². The summed E-state index contributed by atoms with van der Waals surface area (Å²) in [5.74, 6) is 5.33. The number of carbonyl (C=O) groups is 1. The second-order valence-electron chi connectivity index (χ2n) is 4.55. The van der Waals surface area contributed by atoms with Gasteiger partial charge in [0, 0.05) is 4.88 Å². The topological polar surface area (TPSA) is 55.1 Å². The Morgan fingerprint density at radius 2 is 2.12 bits per heavy atom. The van der Waals surface area contributed by atoms with Crippen molar-refractivity contribution in [2.24, 2.45) is 5.84 Å². The lowest BCUT2D eigenvalue weighted by Crippen LogP contribution is -2.48. The molecule has 1 aromatic heterocycles. The molecule has 0 aromatic carbocycles. The first-order valence-corrected chi connectivity index (χ1v) is 6.64. The molecular formula is C12H18N2OS. The summed E-state index contributed by atoms with van der Waals surface area (Å²) in [6.07, 6.45) is 5.31. The van der Waals surface area contributed by atoms with Crippen molar-refractivity contribution < 1.29 is 4.79 Å². The Morgan fingerprint density at radius 1 is 1.44 bits per heavy atom. The minimum atomic E-state index is -0.356. The molecule has 4 heteroatoms. The second-order valence-corrected chi connectivity index (χ2v) is 5.47. The smallest absolute Gasteiger partial charge is 0.245 e. The van der Waals surface area contributed by atoms with Gasteiger partial charge in [-0.1, -0.05) is 19.3 Å². The van der Waals surface area contributed by atoms with Gasteiger partial charge in [0.25, 0.3) is 0 Å². The summed E-state index contributed by atoms with van der Waals surface area (Å²) < 4.78 is 0. The van der Waals surface area contributed by atoms with Crippen molar-refractivity contribution in [2.45, 2.75) is 44.4 Å². The van der Waals surface area contributed by atoms with Crippen molar-refractivity contribution in [1.82, 2.24) is 5.43 Å². The second kappa shape index (κ2) is 4.55. The van der Waals surface area contributed by atoms with Crippen LogP contribution >= 0.6 is 11.3 Å². The van der Waals surface area contributed by atoms with E-state index >= 15 is 0 Å². The van der Waals surface area contributed by atoms with Crippen LogP contribution in [-0.2, 0) is 10.2 Å². The Kier molecular flexibility index (Phi) is 3.30. The fourth-order valence-corrected chi connectivity index (χ4v) is 3.90. The molecular weight excluding hydrogens is 220 g/mol. The molecule has 1 aliphatic carbocycles. The van der Waals surface area contributed by atoms with E-state index in [1.807, 2.05) is 0 Å². The Morgan fingerprint density at radius 3 is 2.62 bits per heavy atom. The van der Waals surface area contributed by atoms with Crippen LogP contribution in [0.25, 0.3) is 0 Å². The van der Waals surface area contributed by atoms with Crippen LogP contribution in [0, 0.1) is 6.92 Å². The number of nitrogens with two attached hydrogens (primary N) is 1. The average molecular weight is 238 g/mol. The van der Waals surface area contributed by atoms with Gasteiger partial charge in [0.2, 0.25) is 5.91 Å². The first-order chi connectivity index (χ1) is 7.70. The summed E-state index contributed by atoms with van der Waals surface area (Å²) in [6.45, 7) is 2.08. The van der Waals surface area contributed by atoms with Gasteiger partial charge < -0.3 is 0 Å². The number of thiophene rings is 1. The quantitative estimate of drug-likeness (QED) is 0.471. The number of hydrazine groups is 1. The van der Waals surface area contributed by atoms with Gasteiger partial charge in [0.05, 0.1) is 5.41 Å². The molecule has 3 nitrogen and oxygen atoms in total. The van der Waals surface area contributed by atoms with E-state index in [0.29, 0.717) is 0 Å². The van der Waals surface area contributed by atoms with E-state index in [2.05, 4.69) is 23.8 Å². The first kappa shape index (κ1) is 11.6. The van der Waals surface area contributed by atoms with Crippen LogP contribution in [0.1, 0.15) is 42.5 Å². The van der Waals surface area contributed by atoms with E-state index in [-0.39, 0.29) is 11.3 Å². The number of nitrogens with one attached hydrogen (secondary N) is 1. The zero-order chi connectivity index (χ0) is 11.6.